The van der Waals surface area contributed by atoms with Gasteiger partial charge in [-0.05, 0) is 50.2 Å². The number of thioether (sulfide) groups is 1. The van der Waals surface area contributed by atoms with Crippen LogP contribution in [0, 0.1) is 6.92 Å². The standard InChI is InChI=1S/C19H23NO3S/c1-14-4-10-18(11-5-14)24-15(2)19(21)20-12-13-23-17-8-6-16(22-3)7-9-17/h4-11,15H,12-13H2,1-3H3,(H,20,21)/t15-/m0/s1. The Labute approximate surface area is 147 Å². The number of ether oxygens (including phenoxy) is 2. The summed E-state index contributed by atoms with van der Waals surface area (Å²) in [7, 11) is 1.63. The summed E-state index contributed by atoms with van der Waals surface area (Å²) >= 11 is 1.55. The van der Waals surface area contributed by atoms with Crippen molar-refractivity contribution in [3.63, 3.8) is 0 Å². The van der Waals surface area contributed by atoms with E-state index in [0.29, 0.717) is 13.2 Å². The van der Waals surface area contributed by atoms with Crippen molar-refractivity contribution in [3.8, 4) is 11.5 Å². The van der Waals surface area contributed by atoms with E-state index in [2.05, 4.69) is 17.4 Å². The van der Waals surface area contributed by atoms with Gasteiger partial charge >= 0.3 is 0 Å². The highest BCUT2D eigenvalue weighted by atomic mass is 32.2. The molecule has 0 saturated heterocycles. The lowest BCUT2D eigenvalue weighted by molar-refractivity contribution is -0.120. The predicted molar refractivity (Wildman–Crippen MR) is 98.0 cm³/mol. The summed E-state index contributed by atoms with van der Waals surface area (Å²) in [6.07, 6.45) is 0. The number of methoxy groups -OCH3 is 1. The fourth-order valence-electron chi connectivity index (χ4n) is 2.03. The van der Waals surface area contributed by atoms with Crippen molar-refractivity contribution in [2.24, 2.45) is 0 Å². The molecule has 0 fully saturated rings. The molecule has 0 radical (unpaired) electrons. The summed E-state index contributed by atoms with van der Waals surface area (Å²) in [6, 6.07) is 15.5. The predicted octanol–water partition coefficient (Wildman–Crippen LogP) is 3.68. The molecule has 2 rings (SSSR count). The van der Waals surface area contributed by atoms with Crippen molar-refractivity contribution >= 4 is 17.7 Å². The Hall–Kier alpha value is -2.14. The van der Waals surface area contributed by atoms with E-state index in [1.54, 1.807) is 18.9 Å². The summed E-state index contributed by atoms with van der Waals surface area (Å²) in [5, 5.41) is 2.75. The molecule has 0 saturated carbocycles. The second-order valence-electron chi connectivity index (χ2n) is 5.39. The van der Waals surface area contributed by atoms with Gasteiger partial charge in [0.25, 0.3) is 0 Å². The molecule has 0 aliphatic heterocycles. The molecule has 0 aliphatic carbocycles. The molecule has 0 heterocycles. The molecule has 0 unspecified atom stereocenters. The molecule has 0 aromatic heterocycles. The first-order valence-electron chi connectivity index (χ1n) is 7.86. The highest BCUT2D eigenvalue weighted by Gasteiger charge is 2.13. The van der Waals surface area contributed by atoms with Crippen molar-refractivity contribution in [2.45, 2.75) is 24.0 Å². The number of rotatable bonds is 8. The molecule has 24 heavy (non-hydrogen) atoms. The first-order chi connectivity index (χ1) is 11.6. The van der Waals surface area contributed by atoms with Gasteiger partial charge in [-0.3, -0.25) is 4.79 Å². The number of aryl methyl sites for hydroxylation is 1. The van der Waals surface area contributed by atoms with E-state index >= 15 is 0 Å². The lowest BCUT2D eigenvalue weighted by atomic mass is 10.2. The second kappa shape index (κ2) is 9.23. The van der Waals surface area contributed by atoms with E-state index in [1.165, 1.54) is 5.56 Å². The summed E-state index contributed by atoms with van der Waals surface area (Å²) in [5.41, 5.74) is 1.21. The van der Waals surface area contributed by atoms with E-state index in [-0.39, 0.29) is 11.2 Å². The van der Waals surface area contributed by atoms with Gasteiger partial charge in [0.1, 0.15) is 18.1 Å². The molecule has 128 valence electrons. The van der Waals surface area contributed by atoms with E-state index < -0.39 is 0 Å². The summed E-state index contributed by atoms with van der Waals surface area (Å²) in [6.45, 7) is 4.86. The maximum atomic E-state index is 12.1. The molecule has 0 bridgehead atoms. The molecule has 2 aromatic carbocycles. The average Bonchev–Trinajstić information content (AvgIpc) is 2.61. The lowest BCUT2D eigenvalue weighted by Crippen LogP contribution is -2.33. The topological polar surface area (TPSA) is 47.6 Å². The summed E-state index contributed by atoms with van der Waals surface area (Å²) in [5.74, 6) is 1.56. The van der Waals surface area contributed by atoms with Crippen molar-refractivity contribution in [1.82, 2.24) is 5.32 Å². The van der Waals surface area contributed by atoms with Gasteiger partial charge in [0.2, 0.25) is 5.91 Å². The number of hydrogen-bond donors (Lipinski definition) is 1. The van der Waals surface area contributed by atoms with Crippen LogP contribution in [0.3, 0.4) is 0 Å². The minimum Gasteiger partial charge on any atom is -0.497 e. The summed E-state index contributed by atoms with van der Waals surface area (Å²) < 4.78 is 10.7. The van der Waals surface area contributed by atoms with Gasteiger partial charge < -0.3 is 14.8 Å². The van der Waals surface area contributed by atoms with Gasteiger partial charge in [0.15, 0.2) is 0 Å². The molecule has 0 spiro atoms. The molecule has 1 N–H and O–H groups in total. The number of benzene rings is 2. The Balaban J connectivity index is 1.69. The molecule has 1 amide bonds. The monoisotopic (exact) mass is 345 g/mol. The molecule has 1 atom stereocenters. The third-order valence-corrected chi connectivity index (χ3v) is 4.54. The third-order valence-electron chi connectivity index (χ3n) is 3.43. The van der Waals surface area contributed by atoms with Gasteiger partial charge in [-0.25, -0.2) is 0 Å². The Bertz CT molecular complexity index is 641. The van der Waals surface area contributed by atoms with Crippen LogP contribution >= 0.6 is 11.8 Å². The smallest absolute Gasteiger partial charge is 0.233 e. The van der Waals surface area contributed by atoms with Gasteiger partial charge in [-0.1, -0.05) is 17.7 Å². The Morgan fingerprint density at radius 1 is 1.08 bits per heavy atom. The van der Waals surface area contributed by atoms with Crippen LogP contribution < -0.4 is 14.8 Å². The number of amides is 1. The Morgan fingerprint density at radius 3 is 2.33 bits per heavy atom. The highest BCUT2D eigenvalue weighted by Crippen LogP contribution is 2.23. The van der Waals surface area contributed by atoms with Crippen LogP contribution in [0.2, 0.25) is 0 Å². The van der Waals surface area contributed by atoms with E-state index in [1.807, 2.05) is 50.2 Å². The van der Waals surface area contributed by atoms with Gasteiger partial charge in [0, 0.05) is 4.90 Å². The van der Waals surface area contributed by atoms with Crippen LogP contribution in [0.5, 0.6) is 11.5 Å². The van der Waals surface area contributed by atoms with Crippen molar-refractivity contribution in [1.29, 1.82) is 0 Å². The maximum absolute atomic E-state index is 12.1. The van der Waals surface area contributed by atoms with Gasteiger partial charge in [0.05, 0.1) is 18.9 Å². The van der Waals surface area contributed by atoms with Crippen molar-refractivity contribution < 1.29 is 14.3 Å². The normalized spacial score (nSPS) is 11.6. The van der Waals surface area contributed by atoms with E-state index in [0.717, 1.165) is 16.4 Å². The largest absolute Gasteiger partial charge is 0.497 e. The zero-order valence-electron chi connectivity index (χ0n) is 14.2. The Kier molecular flexibility index (Phi) is 7.00. The Morgan fingerprint density at radius 2 is 1.71 bits per heavy atom. The summed E-state index contributed by atoms with van der Waals surface area (Å²) in [4.78, 5) is 13.2. The fraction of sp³-hybridized carbons (Fsp3) is 0.316. The first kappa shape index (κ1) is 18.2. The van der Waals surface area contributed by atoms with Crippen LogP contribution in [0.15, 0.2) is 53.4 Å². The number of carbonyl (C=O) groups excluding carboxylic acids is 1. The molecular formula is C19H23NO3S. The minimum atomic E-state index is -0.145. The molecular weight excluding hydrogens is 322 g/mol. The third kappa shape index (κ3) is 5.81. The minimum absolute atomic E-state index is 0.0129. The van der Waals surface area contributed by atoms with Gasteiger partial charge in [-0.15, -0.1) is 11.8 Å². The second-order valence-corrected chi connectivity index (χ2v) is 6.80. The number of nitrogens with one attached hydrogen (secondary N) is 1. The highest BCUT2D eigenvalue weighted by molar-refractivity contribution is 8.00. The zero-order chi connectivity index (χ0) is 17.4. The molecule has 2 aromatic rings. The van der Waals surface area contributed by atoms with Crippen LogP contribution in [0.25, 0.3) is 0 Å². The average molecular weight is 345 g/mol. The molecule has 5 heteroatoms. The number of hydrogen-bond acceptors (Lipinski definition) is 4. The first-order valence-corrected chi connectivity index (χ1v) is 8.74. The lowest BCUT2D eigenvalue weighted by Gasteiger charge is -2.13. The van der Waals surface area contributed by atoms with E-state index in [9.17, 15) is 4.79 Å². The van der Waals surface area contributed by atoms with Crippen LogP contribution in [-0.4, -0.2) is 31.4 Å². The van der Waals surface area contributed by atoms with Crippen LogP contribution in [0.4, 0.5) is 0 Å². The molecule has 4 nitrogen and oxygen atoms in total. The van der Waals surface area contributed by atoms with Crippen molar-refractivity contribution in [3.05, 3.63) is 54.1 Å². The van der Waals surface area contributed by atoms with Crippen molar-refractivity contribution in [2.75, 3.05) is 20.3 Å². The zero-order valence-corrected chi connectivity index (χ0v) is 15.1. The molecule has 0 aliphatic rings. The number of carbonyl (C=O) groups is 1. The quantitative estimate of drug-likeness (QED) is 0.586. The van der Waals surface area contributed by atoms with Crippen LogP contribution in [-0.2, 0) is 4.79 Å². The van der Waals surface area contributed by atoms with E-state index in [4.69, 9.17) is 9.47 Å². The maximum Gasteiger partial charge on any atom is 0.233 e. The van der Waals surface area contributed by atoms with Crippen LogP contribution in [0.1, 0.15) is 12.5 Å². The fourth-order valence-corrected chi connectivity index (χ4v) is 2.93. The SMILES string of the molecule is COc1ccc(OCCNC(=O)[C@H](C)Sc2ccc(C)cc2)cc1. The van der Waals surface area contributed by atoms with Gasteiger partial charge in [-0.2, -0.15) is 0 Å².